The summed E-state index contributed by atoms with van der Waals surface area (Å²) in [7, 11) is 2.90. The summed E-state index contributed by atoms with van der Waals surface area (Å²) in [5.41, 5.74) is 5.28. The molecule has 0 fully saturated rings. The second kappa shape index (κ2) is 7.10. The molecule has 1 atom stereocenters. The van der Waals surface area contributed by atoms with Crippen LogP contribution in [0.2, 0.25) is 0 Å². The van der Waals surface area contributed by atoms with E-state index >= 15 is 0 Å². The quantitative estimate of drug-likeness (QED) is 0.511. The average molecular weight is 395 g/mol. The first kappa shape index (κ1) is 18.8. The highest BCUT2D eigenvalue weighted by atomic mass is 16.5. The number of anilines is 1. The van der Waals surface area contributed by atoms with Gasteiger partial charge in [0, 0.05) is 14.1 Å². The van der Waals surface area contributed by atoms with Gasteiger partial charge in [-0.15, -0.1) is 0 Å². The predicted octanol–water partition coefficient (Wildman–Crippen LogP) is 0.609. The van der Waals surface area contributed by atoms with Gasteiger partial charge >= 0.3 is 5.69 Å². The summed E-state index contributed by atoms with van der Waals surface area (Å²) in [6.45, 7) is 0.00684. The van der Waals surface area contributed by atoms with Gasteiger partial charge in [-0.25, -0.2) is 4.79 Å². The van der Waals surface area contributed by atoms with Crippen molar-refractivity contribution >= 4 is 27.9 Å². The van der Waals surface area contributed by atoms with E-state index < -0.39 is 17.4 Å². The molecule has 0 aliphatic carbocycles. The molecule has 0 saturated heterocycles. The van der Waals surface area contributed by atoms with Crippen LogP contribution in [-0.2, 0) is 20.6 Å². The molecule has 2 aromatic heterocycles. The highest BCUT2D eigenvalue weighted by molar-refractivity contribution is 5.83. The van der Waals surface area contributed by atoms with E-state index in [1.807, 2.05) is 42.5 Å². The van der Waals surface area contributed by atoms with Crippen molar-refractivity contribution in [2.75, 3.05) is 12.3 Å². The molecule has 29 heavy (non-hydrogen) atoms. The van der Waals surface area contributed by atoms with Crippen molar-refractivity contribution in [2.45, 2.75) is 12.6 Å². The van der Waals surface area contributed by atoms with Gasteiger partial charge in [0.15, 0.2) is 11.2 Å². The Kier molecular flexibility index (Phi) is 4.59. The van der Waals surface area contributed by atoms with Crippen LogP contribution in [0, 0.1) is 0 Å². The molecule has 0 unspecified atom stereocenters. The molecule has 0 saturated carbocycles. The molecule has 0 spiro atoms. The smallest absolute Gasteiger partial charge is 0.332 e. The zero-order valence-corrected chi connectivity index (χ0v) is 16.1. The van der Waals surface area contributed by atoms with E-state index in [0.29, 0.717) is 5.75 Å². The number of benzene rings is 2. The fraction of sp³-hybridized carbons (Fsp3) is 0.250. The zero-order chi connectivity index (χ0) is 20.7. The molecule has 4 aromatic rings. The molecule has 0 aliphatic heterocycles. The second-order valence-corrected chi connectivity index (χ2v) is 6.93. The van der Waals surface area contributed by atoms with E-state index in [4.69, 9.17) is 10.5 Å². The number of nitrogens with two attached hydrogens (primary N) is 1. The molecule has 4 rings (SSSR count). The van der Waals surface area contributed by atoms with Gasteiger partial charge < -0.3 is 20.1 Å². The molecule has 0 amide bonds. The third kappa shape index (κ3) is 3.25. The molecule has 150 valence electrons. The second-order valence-electron chi connectivity index (χ2n) is 6.93. The van der Waals surface area contributed by atoms with Gasteiger partial charge in [0.2, 0.25) is 5.95 Å². The molecular formula is C20H21N5O4. The van der Waals surface area contributed by atoms with Crippen LogP contribution < -0.4 is 21.7 Å². The van der Waals surface area contributed by atoms with Crippen molar-refractivity contribution in [1.82, 2.24) is 18.7 Å². The lowest BCUT2D eigenvalue weighted by atomic mass is 10.1. The van der Waals surface area contributed by atoms with Crippen LogP contribution in [0.4, 0.5) is 5.95 Å². The number of fused-ring (bicyclic) bond motifs is 2. The summed E-state index contributed by atoms with van der Waals surface area (Å²) in [5.74, 6) is 0.674. The molecule has 9 nitrogen and oxygen atoms in total. The minimum atomic E-state index is -0.942. The SMILES string of the molecule is Cn1c(=O)c2c(nc(N)n2C[C@@H](O)COc2ccc3ccccc3c2)n(C)c1=O. The Morgan fingerprint density at radius 3 is 2.59 bits per heavy atom. The van der Waals surface area contributed by atoms with Crippen LogP contribution in [0.1, 0.15) is 0 Å². The third-order valence-electron chi connectivity index (χ3n) is 4.93. The number of aromatic nitrogens is 4. The summed E-state index contributed by atoms with van der Waals surface area (Å²) in [6, 6.07) is 13.6. The zero-order valence-electron chi connectivity index (χ0n) is 16.1. The van der Waals surface area contributed by atoms with Crippen LogP contribution in [0.25, 0.3) is 21.9 Å². The number of nitrogen functional groups attached to an aromatic ring is 1. The van der Waals surface area contributed by atoms with E-state index in [1.165, 1.54) is 23.2 Å². The molecule has 0 bridgehead atoms. The van der Waals surface area contributed by atoms with Crippen LogP contribution in [-0.4, -0.2) is 36.5 Å². The third-order valence-corrected chi connectivity index (χ3v) is 4.93. The van der Waals surface area contributed by atoms with Gasteiger partial charge in [-0.1, -0.05) is 30.3 Å². The normalized spacial score (nSPS) is 12.5. The topological polar surface area (TPSA) is 117 Å². The number of aliphatic hydroxyl groups excluding tert-OH is 1. The lowest BCUT2D eigenvalue weighted by Crippen LogP contribution is -2.38. The lowest BCUT2D eigenvalue weighted by Gasteiger charge is -2.15. The fourth-order valence-corrected chi connectivity index (χ4v) is 3.36. The maximum atomic E-state index is 12.5. The average Bonchev–Trinajstić information content (AvgIpc) is 3.05. The minimum absolute atomic E-state index is 0.00333. The summed E-state index contributed by atoms with van der Waals surface area (Å²) >= 11 is 0. The van der Waals surface area contributed by atoms with Crippen molar-refractivity contribution in [1.29, 1.82) is 0 Å². The summed E-state index contributed by atoms with van der Waals surface area (Å²) in [6.07, 6.45) is -0.942. The van der Waals surface area contributed by atoms with E-state index in [0.717, 1.165) is 15.3 Å². The lowest BCUT2D eigenvalue weighted by molar-refractivity contribution is 0.0939. The van der Waals surface area contributed by atoms with Crippen LogP contribution >= 0.6 is 0 Å². The minimum Gasteiger partial charge on any atom is -0.491 e. The van der Waals surface area contributed by atoms with Crippen molar-refractivity contribution in [3.8, 4) is 5.75 Å². The first-order valence-corrected chi connectivity index (χ1v) is 9.08. The maximum absolute atomic E-state index is 12.5. The maximum Gasteiger partial charge on any atom is 0.332 e. The number of imidazole rings is 1. The van der Waals surface area contributed by atoms with E-state index in [-0.39, 0.29) is 30.3 Å². The van der Waals surface area contributed by atoms with E-state index in [9.17, 15) is 14.7 Å². The molecule has 9 heteroatoms. The Hall–Kier alpha value is -3.59. The largest absolute Gasteiger partial charge is 0.491 e. The van der Waals surface area contributed by atoms with Gasteiger partial charge in [0.1, 0.15) is 18.5 Å². The highest BCUT2D eigenvalue weighted by Gasteiger charge is 2.19. The van der Waals surface area contributed by atoms with E-state index in [1.54, 1.807) is 0 Å². The number of hydrogen-bond acceptors (Lipinski definition) is 6. The fourth-order valence-electron chi connectivity index (χ4n) is 3.36. The van der Waals surface area contributed by atoms with Gasteiger partial charge in [-0.2, -0.15) is 4.98 Å². The molecule has 0 aliphatic rings. The van der Waals surface area contributed by atoms with Crippen LogP contribution in [0.3, 0.4) is 0 Å². The number of hydrogen-bond donors (Lipinski definition) is 2. The molecule has 2 heterocycles. The highest BCUT2D eigenvalue weighted by Crippen LogP contribution is 2.21. The Bertz CT molecular complexity index is 1330. The van der Waals surface area contributed by atoms with Crippen LogP contribution in [0.15, 0.2) is 52.1 Å². The molecule has 2 aromatic carbocycles. The van der Waals surface area contributed by atoms with Crippen molar-refractivity contribution < 1.29 is 9.84 Å². The summed E-state index contributed by atoms with van der Waals surface area (Å²) in [5, 5.41) is 12.6. The number of nitrogens with zero attached hydrogens (tertiary/aromatic N) is 4. The first-order chi connectivity index (χ1) is 13.9. The van der Waals surface area contributed by atoms with Crippen molar-refractivity contribution in [3.63, 3.8) is 0 Å². The number of aryl methyl sites for hydroxylation is 1. The van der Waals surface area contributed by atoms with Crippen LogP contribution in [0.5, 0.6) is 5.75 Å². The Morgan fingerprint density at radius 1 is 1.10 bits per heavy atom. The van der Waals surface area contributed by atoms with Gasteiger partial charge in [0.05, 0.1) is 6.54 Å². The number of aliphatic hydroxyl groups is 1. The Balaban J connectivity index is 1.57. The first-order valence-electron chi connectivity index (χ1n) is 9.08. The number of rotatable bonds is 5. The van der Waals surface area contributed by atoms with Gasteiger partial charge in [-0.05, 0) is 22.9 Å². The van der Waals surface area contributed by atoms with Gasteiger partial charge in [0.25, 0.3) is 5.56 Å². The summed E-state index contributed by atoms with van der Waals surface area (Å²) in [4.78, 5) is 28.7. The molecular weight excluding hydrogens is 374 g/mol. The van der Waals surface area contributed by atoms with Gasteiger partial charge in [-0.3, -0.25) is 13.9 Å². The molecule has 3 N–H and O–H groups in total. The Labute approximate surface area is 165 Å². The molecule has 0 radical (unpaired) electrons. The summed E-state index contributed by atoms with van der Waals surface area (Å²) < 4.78 is 9.35. The predicted molar refractivity (Wildman–Crippen MR) is 110 cm³/mol. The monoisotopic (exact) mass is 395 g/mol. The van der Waals surface area contributed by atoms with E-state index in [2.05, 4.69) is 4.98 Å². The number of ether oxygens (including phenoxy) is 1. The standard InChI is InChI=1S/C20H21N5O4/c1-23-17-16(18(27)24(2)20(23)28)25(19(21)22-17)10-14(26)11-29-15-8-7-12-5-3-4-6-13(12)9-15/h3-9,14,26H,10-11H2,1-2H3,(H2,21,22)/t14-/m1/s1. The Morgan fingerprint density at radius 2 is 1.83 bits per heavy atom. The van der Waals surface area contributed by atoms with Crippen molar-refractivity contribution in [3.05, 3.63) is 63.3 Å². The van der Waals surface area contributed by atoms with Crippen molar-refractivity contribution in [2.24, 2.45) is 14.1 Å².